The van der Waals surface area contributed by atoms with Gasteiger partial charge in [-0.25, -0.2) is 9.37 Å². The van der Waals surface area contributed by atoms with Crippen LogP contribution in [-0.4, -0.2) is 22.0 Å². The van der Waals surface area contributed by atoms with E-state index in [1.807, 2.05) is 20.8 Å². The van der Waals surface area contributed by atoms with Gasteiger partial charge in [-0.1, -0.05) is 25.9 Å². The van der Waals surface area contributed by atoms with Crippen LogP contribution in [0.5, 0.6) is 0 Å². The van der Waals surface area contributed by atoms with Crippen LogP contribution in [0.1, 0.15) is 48.9 Å². The Balaban J connectivity index is 1.49. The van der Waals surface area contributed by atoms with E-state index in [2.05, 4.69) is 20.8 Å². The minimum atomic E-state index is -0.406. The first-order valence-electron chi connectivity index (χ1n) is 8.99. The third-order valence-corrected chi connectivity index (χ3v) is 4.83. The molecule has 2 N–H and O–H groups in total. The van der Waals surface area contributed by atoms with Crippen molar-refractivity contribution < 1.29 is 18.5 Å². The summed E-state index contributed by atoms with van der Waals surface area (Å²) in [6, 6.07) is 6.96. The summed E-state index contributed by atoms with van der Waals surface area (Å²) in [5.74, 6) is -0.683. The van der Waals surface area contributed by atoms with E-state index in [1.165, 1.54) is 35.6 Å². The monoisotopic (exact) mass is 416 g/mol. The fraction of sp³-hybridized carbons (Fsp3) is 0.300. The lowest BCUT2D eigenvalue weighted by atomic mass is 9.92. The molecule has 0 aliphatic carbocycles. The number of anilines is 2. The van der Waals surface area contributed by atoms with Crippen molar-refractivity contribution in [1.82, 2.24) is 10.1 Å². The smallest absolute Gasteiger partial charge is 0.257 e. The Morgan fingerprint density at radius 3 is 2.55 bits per heavy atom. The van der Waals surface area contributed by atoms with E-state index in [9.17, 15) is 14.0 Å². The summed E-state index contributed by atoms with van der Waals surface area (Å²) >= 11 is 1.26. The van der Waals surface area contributed by atoms with Gasteiger partial charge in [-0.3, -0.25) is 20.2 Å². The summed E-state index contributed by atoms with van der Waals surface area (Å²) in [7, 11) is 0. The number of aromatic nitrogens is 2. The first-order chi connectivity index (χ1) is 13.7. The first-order valence-corrected chi connectivity index (χ1v) is 9.87. The Kier molecular flexibility index (Phi) is 6.07. The van der Waals surface area contributed by atoms with Crippen molar-refractivity contribution in [2.24, 2.45) is 0 Å². The molecule has 0 saturated carbocycles. The van der Waals surface area contributed by atoms with Crippen molar-refractivity contribution in [3.63, 3.8) is 0 Å². The van der Waals surface area contributed by atoms with Crippen LogP contribution >= 0.6 is 11.3 Å². The molecule has 9 heteroatoms. The lowest BCUT2D eigenvalue weighted by molar-refractivity contribution is -0.116. The van der Waals surface area contributed by atoms with Crippen molar-refractivity contribution in [2.45, 2.75) is 39.0 Å². The summed E-state index contributed by atoms with van der Waals surface area (Å²) in [5.41, 5.74) is 1.62. The SMILES string of the molecule is CC(C)(C)c1cc(NC(=O)CCc2csc(NC(=O)c3ccc(F)cc3)n2)on1. The number of halogens is 1. The van der Waals surface area contributed by atoms with Crippen LogP contribution in [0.25, 0.3) is 0 Å². The number of rotatable bonds is 6. The third kappa shape index (κ3) is 5.71. The third-order valence-electron chi connectivity index (χ3n) is 4.03. The predicted octanol–water partition coefficient (Wildman–Crippen LogP) is 4.39. The zero-order valence-electron chi connectivity index (χ0n) is 16.3. The van der Waals surface area contributed by atoms with Crippen molar-refractivity contribution in [3.05, 3.63) is 58.5 Å². The average Bonchev–Trinajstić information content (AvgIpc) is 3.30. The minimum absolute atomic E-state index is 0.165. The van der Waals surface area contributed by atoms with Crippen molar-refractivity contribution in [1.29, 1.82) is 0 Å². The topological polar surface area (TPSA) is 97.1 Å². The second kappa shape index (κ2) is 8.52. The number of hydrogen-bond acceptors (Lipinski definition) is 6. The minimum Gasteiger partial charge on any atom is -0.338 e. The Hall–Kier alpha value is -3.07. The fourth-order valence-electron chi connectivity index (χ4n) is 2.38. The maximum Gasteiger partial charge on any atom is 0.257 e. The highest BCUT2D eigenvalue weighted by Crippen LogP contribution is 2.24. The van der Waals surface area contributed by atoms with Crippen LogP contribution in [0.3, 0.4) is 0 Å². The molecule has 0 aliphatic heterocycles. The summed E-state index contributed by atoms with van der Waals surface area (Å²) in [4.78, 5) is 28.6. The summed E-state index contributed by atoms with van der Waals surface area (Å²) in [6.07, 6.45) is 0.621. The lowest BCUT2D eigenvalue weighted by Crippen LogP contribution is -2.13. The van der Waals surface area contributed by atoms with Crippen LogP contribution in [0.15, 0.2) is 40.2 Å². The summed E-state index contributed by atoms with van der Waals surface area (Å²) in [5, 5.41) is 11.5. The zero-order chi connectivity index (χ0) is 21.0. The van der Waals surface area contributed by atoms with Gasteiger partial charge in [0.2, 0.25) is 11.8 Å². The summed E-state index contributed by atoms with van der Waals surface area (Å²) in [6.45, 7) is 6.02. The Morgan fingerprint density at radius 1 is 1.17 bits per heavy atom. The predicted molar refractivity (Wildman–Crippen MR) is 109 cm³/mol. The van der Waals surface area contributed by atoms with Gasteiger partial charge in [0.25, 0.3) is 5.91 Å². The maximum absolute atomic E-state index is 12.9. The van der Waals surface area contributed by atoms with Gasteiger partial charge in [0.05, 0.1) is 11.4 Å². The molecule has 0 unspecified atom stereocenters. The first kappa shape index (κ1) is 20.7. The van der Waals surface area contributed by atoms with Gasteiger partial charge in [0.1, 0.15) is 5.82 Å². The number of amides is 2. The molecular formula is C20H21FN4O3S. The number of benzene rings is 1. The van der Waals surface area contributed by atoms with Gasteiger partial charge in [-0.15, -0.1) is 11.3 Å². The molecule has 2 amide bonds. The van der Waals surface area contributed by atoms with E-state index in [4.69, 9.17) is 4.52 Å². The number of nitrogens with one attached hydrogen (secondary N) is 2. The van der Waals surface area contributed by atoms with Crippen LogP contribution < -0.4 is 10.6 Å². The molecule has 2 heterocycles. The van der Waals surface area contributed by atoms with Gasteiger partial charge in [-0.2, -0.15) is 0 Å². The number of carbonyl (C=O) groups is 2. The largest absolute Gasteiger partial charge is 0.338 e. The molecule has 3 aromatic rings. The van der Waals surface area contributed by atoms with Crippen molar-refractivity contribution >= 4 is 34.2 Å². The van der Waals surface area contributed by atoms with Gasteiger partial charge >= 0.3 is 0 Å². The van der Waals surface area contributed by atoms with Gasteiger partial charge in [-0.05, 0) is 30.7 Å². The van der Waals surface area contributed by atoms with E-state index < -0.39 is 5.82 Å². The molecule has 3 rings (SSSR count). The number of nitrogens with zero attached hydrogens (tertiary/aromatic N) is 2. The highest BCUT2D eigenvalue weighted by Gasteiger charge is 2.19. The Bertz CT molecular complexity index is 1010. The number of carbonyl (C=O) groups excluding carboxylic acids is 2. The fourth-order valence-corrected chi connectivity index (χ4v) is 3.12. The van der Waals surface area contributed by atoms with E-state index in [0.717, 1.165) is 5.69 Å². The van der Waals surface area contributed by atoms with E-state index in [-0.39, 0.29) is 23.7 Å². The number of thiazole rings is 1. The van der Waals surface area contributed by atoms with Crippen LogP contribution in [0.2, 0.25) is 0 Å². The van der Waals surface area contributed by atoms with Crippen LogP contribution in [-0.2, 0) is 16.6 Å². The van der Waals surface area contributed by atoms with Crippen molar-refractivity contribution in [2.75, 3.05) is 10.6 Å². The number of aryl methyl sites for hydroxylation is 1. The molecule has 0 fully saturated rings. The summed E-state index contributed by atoms with van der Waals surface area (Å²) < 4.78 is 18.1. The van der Waals surface area contributed by atoms with Gasteiger partial charge in [0.15, 0.2) is 5.13 Å². The van der Waals surface area contributed by atoms with Crippen molar-refractivity contribution in [3.8, 4) is 0 Å². The van der Waals surface area contributed by atoms with Gasteiger partial charge < -0.3 is 4.52 Å². The zero-order valence-corrected chi connectivity index (χ0v) is 17.1. The quantitative estimate of drug-likeness (QED) is 0.621. The maximum atomic E-state index is 12.9. The molecule has 29 heavy (non-hydrogen) atoms. The standard InChI is InChI=1S/C20H21FN4O3S/c1-20(2,3)15-10-17(28-25-15)23-16(26)9-8-14-11-29-19(22-14)24-18(27)12-4-6-13(21)7-5-12/h4-7,10-11H,8-9H2,1-3H3,(H,23,26)(H,22,24,27). The highest BCUT2D eigenvalue weighted by atomic mass is 32.1. The van der Waals surface area contributed by atoms with E-state index >= 15 is 0 Å². The van der Waals surface area contributed by atoms with E-state index in [0.29, 0.717) is 28.7 Å². The molecule has 0 saturated heterocycles. The molecule has 7 nitrogen and oxygen atoms in total. The lowest BCUT2D eigenvalue weighted by Gasteiger charge is -2.12. The Morgan fingerprint density at radius 2 is 1.90 bits per heavy atom. The molecule has 0 bridgehead atoms. The number of hydrogen-bond donors (Lipinski definition) is 2. The van der Waals surface area contributed by atoms with E-state index in [1.54, 1.807) is 11.4 Å². The van der Waals surface area contributed by atoms with Crippen LogP contribution in [0, 0.1) is 5.82 Å². The molecule has 0 aliphatic rings. The molecular weight excluding hydrogens is 395 g/mol. The molecule has 0 spiro atoms. The molecule has 152 valence electrons. The molecule has 1 aromatic carbocycles. The molecule has 0 atom stereocenters. The highest BCUT2D eigenvalue weighted by molar-refractivity contribution is 7.14. The normalized spacial score (nSPS) is 11.3. The molecule has 0 radical (unpaired) electrons. The molecule has 2 aromatic heterocycles. The second-order valence-electron chi connectivity index (χ2n) is 7.48. The average molecular weight is 416 g/mol. The Labute approximate surface area is 171 Å². The second-order valence-corrected chi connectivity index (χ2v) is 8.34. The van der Waals surface area contributed by atoms with Crippen LogP contribution in [0.4, 0.5) is 15.4 Å². The van der Waals surface area contributed by atoms with Gasteiger partial charge in [0, 0.05) is 28.8 Å².